The van der Waals surface area contributed by atoms with Crippen molar-refractivity contribution < 1.29 is 10.0 Å². The van der Waals surface area contributed by atoms with Gasteiger partial charge in [-0.1, -0.05) is 18.2 Å². The molecule has 1 aromatic heterocycles. The monoisotopic (exact) mass is 279 g/mol. The molecule has 6 heteroatoms. The van der Waals surface area contributed by atoms with E-state index in [9.17, 15) is 10.0 Å². The predicted octanol–water partition coefficient (Wildman–Crippen LogP) is 2.52. The summed E-state index contributed by atoms with van der Waals surface area (Å²) in [6.07, 6.45) is 4.05. The molecule has 1 aromatic carbocycles. The third-order valence-electron chi connectivity index (χ3n) is 3.08. The molecule has 1 heterocycles. The Bertz CT molecular complexity index is 597. The van der Waals surface area contributed by atoms with Crippen molar-refractivity contribution in [1.29, 1.82) is 0 Å². The van der Waals surface area contributed by atoms with Gasteiger partial charge in [0, 0.05) is 28.5 Å². The Morgan fingerprint density at radius 2 is 2.21 bits per heavy atom. The molecule has 0 spiro atoms. The van der Waals surface area contributed by atoms with Gasteiger partial charge in [-0.05, 0) is 19.2 Å². The number of primary amides is 1. The number of hydrogen-bond acceptors (Lipinski definition) is 3. The van der Waals surface area contributed by atoms with E-state index in [-0.39, 0.29) is 6.04 Å². The quantitative estimate of drug-likeness (QED) is 0.513. The molecule has 1 unspecified atom stereocenters. The zero-order chi connectivity index (χ0) is 14.0. The van der Waals surface area contributed by atoms with Gasteiger partial charge < -0.3 is 10.3 Å². The lowest BCUT2D eigenvalue weighted by molar-refractivity contribution is -0.0734. The maximum atomic E-state index is 10.9. The largest absolute Gasteiger partial charge is 0.350 e. The molecule has 0 saturated heterocycles. The third-order valence-corrected chi connectivity index (χ3v) is 3.84. The number of aromatic nitrogens is 1. The molecule has 0 aliphatic rings. The molecule has 102 valence electrons. The maximum absolute atomic E-state index is 10.9. The summed E-state index contributed by atoms with van der Waals surface area (Å²) in [5, 5.41) is 11.3. The fourth-order valence-corrected chi connectivity index (χ4v) is 2.73. The summed E-state index contributed by atoms with van der Waals surface area (Å²) in [4.78, 5) is 12.1. The molecule has 0 fully saturated rings. The summed E-state index contributed by atoms with van der Waals surface area (Å²) in [5.41, 5.74) is 6.14. The summed E-state index contributed by atoms with van der Waals surface area (Å²) in [6, 6.07) is 6.83. The fourth-order valence-electron chi connectivity index (χ4n) is 2.11. The van der Waals surface area contributed by atoms with Gasteiger partial charge in [-0.15, -0.1) is 11.8 Å². The van der Waals surface area contributed by atoms with Crippen LogP contribution in [-0.4, -0.2) is 33.2 Å². The van der Waals surface area contributed by atoms with Crippen LogP contribution in [0.15, 0.2) is 35.4 Å². The summed E-state index contributed by atoms with van der Waals surface area (Å²) in [5.74, 6) is 0. The van der Waals surface area contributed by atoms with Crippen LogP contribution in [0, 0.1) is 0 Å². The Hall–Kier alpha value is -1.66. The van der Waals surface area contributed by atoms with Crippen molar-refractivity contribution in [3.05, 3.63) is 30.5 Å². The molecule has 19 heavy (non-hydrogen) atoms. The van der Waals surface area contributed by atoms with Crippen molar-refractivity contribution in [3.63, 3.8) is 0 Å². The first-order valence-corrected chi connectivity index (χ1v) is 7.16. The maximum Gasteiger partial charge on any atom is 0.338 e. The Labute approximate surface area is 115 Å². The third kappa shape index (κ3) is 2.69. The van der Waals surface area contributed by atoms with E-state index < -0.39 is 6.03 Å². The van der Waals surface area contributed by atoms with Gasteiger partial charge in [-0.25, -0.2) is 9.86 Å². The first kappa shape index (κ1) is 13.8. The molecular formula is C13H17N3O2S. The van der Waals surface area contributed by atoms with Crippen molar-refractivity contribution in [2.24, 2.45) is 5.73 Å². The van der Waals surface area contributed by atoms with Crippen molar-refractivity contribution >= 4 is 28.7 Å². The number of hydrogen-bond donors (Lipinski definition) is 2. The number of nitrogens with two attached hydrogens (primary N) is 1. The summed E-state index contributed by atoms with van der Waals surface area (Å²) >= 11 is 1.67. The van der Waals surface area contributed by atoms with E-state index in [2.05, 4.69) is 6.07 Å². The van der Waals surface area contributed by atoms with E-state index in [0.29, 0.717) is 11.6 Å². The van der Waals surface area contributed by atoms with Crippen LogP contribution >= 0.6 is 11.8 Å². The van der Waals surface area contributed by atoms with Gasteiger partial charge in [-0.3, -0.25) is 5.21 Å². The Kier molecular flexibility index (Phi) is 4.01. The topological polar surface area (TPSA) is 71.5 Å². The number of rotatable bonds is 4. The lowest BCUT2D eigenvalue weighted by Crippen LogP contribution is -2.41. The minimum Gasteiger partial charge on any atom is -0.350 e. The van der Waals surface area contributed by atoms with E-state index in [1.165, 1.54) is 10.3 Å². The van der Waals surface area contributed by atoms with E-state index in [0.717, 1.165) is 5.52 Å². The number of thioether (sulfide) groups is 1. The van der Waals surface area contributed by atoms with E-state index in [1.54, 1.807) is 18.7 Å². The fraction of sp³-hybridized carbons (Fsp3) is 0.308. The van der Waals surface area contributed by atoms with Crippen LogP contribution < -0.4 is 5.73 Å². The molecule has 0 aliphatic carbocycles. The van der Waals surface area contributed by atoms with Gasteiger partial charge in [0.15, 0.2) is 0 Å². The number of amides is 2. The molecule has 2 aromatic rings. The molecule has 0 bridgehead atoms. The Balaban J connectivity index is 2.33. The summed E-state index contributed by atoms with van der Waals surface area (Å²) in [6.45, 7) is 2.23. The van der Waals surface area contributed by atoms with Crippen LogP contribution in [-0.2, 0) is 6.54 Å². The second kappa shape index (κ2) is 5.54. The second-order valence-corrected chi connectivity index (χ2v) is 5.25. The van der Waals surface area contributed by atoms with Gasteiger partial charge in [0.1, 0.15) is 0 Å². The van der Waals surface area contributed by atoms with Gasteiger partial charge in [0.25, 0.3) is 0 Å². The zero-order valence-corrected chi connectivity index (χ0v) is 11.7. The van der Waals surface area contributed by atoms with Crippen LogP contribution in [0.4, 0.5) is 4.79 Å². The van der Waals surface area contributed by atoms with E-state index in [4.69, 9.17) is 5.73 Å². The van der Waals surface area contributed by atoms with Gasteiger partial charge >= 0.3 is 6.03 Å². The van der Waals surface area contributed by atoms with Gasteiger partial charge in [-0.2, -0.15) is 0 Å². The number of nitrogens with zero attached hydrogens (tertiary/aromatic N) is 2. The van der Waals surface area contributed by atoms with Crippen LogP contribution in [0.1, 0.15) is 6.92 Å². The normalized spacial score (nSPS) is 12.6. The molecule has 2 amide bonds. The van der Waals surface area contributed by atoms with Crippen LogP contribution in [0.5, 0.6) is 0 Å². The minimum atomic E-state index is -0.839. The number of urea groups is 1. The molecule has 5 nitrogen and oxygen atoms in total. The van der Waals surface area contributed by atoms with Crippen LogP contribution in [0.2, 0.25) is 0 Å². The highest BCUT2D eigenvalue weighted by Gasteiger charge is 2.17. The van der Waals surface area contributed by atoms with Gasteiger partial charge in [0.05, 0.1) is 6.04 Å². The zero-order valence-electron chi connectivity index (χ0n) is 10.9. The summed E-state index contributed by atoms with van der Waals surface area (Å²) in [7, 11) is 0. The van der Waals surface area contributed by atoms with E-state index in [1.807, 2.05) is 35.2 Å². The van der Waals surface area contributed by atoms with E-state index >= 15 is 0 Å². The van der Waals surface area contributed by atoms with Gasteiger partial charge in [0.2, 0.25) is 0 Å². The Morgan fingerprint density at radius 1 is 1.53 bits per heavy atom. The first-order chi connectivity index (χ1) is 9.04. The second-order valence-electron chi connectivity index (χ2n) is 4.40. The number of hydroxylamine groups is 2. The molecular weight excluding hydrogens is 262 g/mol. The highest BCUT2D eigenvalue weighted by Crippen LogP contribution is 2.28. The highest BCUT2D eigenvalue weighted by molar-refractivity contribution is 7.98. The van der Waals surface area contributed by atoms with Crippen LogP contribution in [0.3, 0.4) is 0 Å². The lowest BCUT2D eigenvalue weighted by atomic mass is 10.2. The number of benzene rings is 1. The SMILES string of the molecule is CSc1cn(CC(C)N(O)C(N)=O)c2ccccc12. The van der Waals surface area contributed by atoms with Crippen LogP contribution in [0.25, 0.3) is 10.9 Å². The molecule has 0 saturated carbocycles. The summed E-state index contributed by atoms with van der Waals surface area (Å²) < 4.78 is 2.03. The first-order valence-electron chi connectivity index (χ1n) is 5.94. The number of carbonyl (C=O) groups is 1. The molecule has 1 atom stereocenters. The molecule has 2 rings (SSSR count). The number of fused-ring (bicyclic) bond motifs is 1. The number of para-hydroxylation sites is 1. The van der Waals surface area contributed by atoms with Crippen molar-refractivity contribution in [2.45, 2.75) is 24.4 Å². The smallest absolute Gasteiger partial charge is 0.338 e. The average molecular weight is 279 g/mol. The van der Waals surface area contributed by atoms with Crippen molar-refractivity contribution in [3.8, 4) is 0 Å². The molecule has 0 aliphatic heterocycles. The Morgan fingerprint density at radius 3 is 2.84 bits per heavy atom. The van der Waals surface area contributed by atoms with Crippen molar-refractivity contribution in [1.82, 2.24) is 9.63 Å². The minimum absolute atomic E-state index is 0.386. The predicted molar refractivity (Wildman–Crippen MR) is 76.4 cm³/mol. The molecule has 0 radical (unpaired) electrons. The highest BCUT2D eigenvalue weighted by atomic mass is 32.2. The standard InChI is InChI=1S/C13H17N3O2S/c1-9(16(18)13(14)17)7-15-8-12(19-2)10-5-3-4-6-11(10)15/h3-6,8-9,18H,7H2,1-2H3,(H2,14,17). The lowest BCUT2D eigenvalue weighted by Gasteiger charge is -2.21. The number of carbonyl (C=O) groups excluding carboxylic acids is 1. The average Bonchev–Trinajstić information content (AvgIpc) is 2.76. The van der Waals surface area contributed by atoms with Crippen molar-refractivity contribution in [2.75, 3.05) is 6.26 Å². The molecule has 3 N–H and O–H groups in total.